The van der Waals surface area contributed by atoms with E-state index < -0.39 is 0 Å². The van der Waals surface area contributed by atoms with Crippen LogP contribution in [-0.4, -0.2) is 19.9 Å². The van der Waals surface area contributed by atoms with Crippen molar-refractivity contribution < 1.29 is 0 Å². The van der Waals surface area contributed by atoms with Crippen LogP contribution in [0.3, 0.4) is 0 Å². The Kier molecular flexibility index (Phi) is 10.2. The summed E-state index contributed by atoms with van der Waals surface area (Å²) in [6.45, 7) is 0. The van der Waals surface area contributed by atoms with Crippen LogP contribution in [0.15, 0.2) is 130 Å². The van der Waals surface area contributed by atoms with E-state index in [-0.39, 0.29) is 0 Å². The molecule has 4 aromatic heterocycles. The molecule has 0 bridgehead atoms. The van der Waals surface area contributed by atoms with E-state index in [1.54, 1.807) is 0 Å². The molecule has 5 aromatic rings. The molecule has 4 heterocycles. The lowest BCUT2D eigenvalue weighted by Gasteiger charge is -2.17. The Morgan fingerprint density at radius 1 is 0.342 bits per heavy atom. The molecule has 190 valence electrons. The van der Waals surface area contributed by atoms with Crippen molar-refractivity contribution in [3.63, 3.8) is 0 Å². The summed E-state index contributed by atoms with van der Waals surface area (Å²) in [7, 11) is 0. The van der Waals surface area contributed by atoms with Crippen molar-refractivity contribution >= 4 is 47.0 Å². The standard InChI is InChI=1S/C30H26N4S4/c1-9-31-10-2-27(1)35-19-23-17-25(21-37-29-5-13-33-14-6-29)26(22-38-30-7-15-34-16-8-30)18-24(23)20-36-28-3-11-32-12-4-28/h1-18H,19-22H2. The molecule has 0 saturated carbocycles. The molecule has 0 N–H and O–H groups in total. The highest BCUT2D eigenvalue weighted by Crippen LogP contribution is 2.35. The van der Waals surface area contributed by atoms with Gasteiger partial charge in [0.25, 0.3) is 0 Å². The van der Waals surface area contributed by atoms with Gasteiger partial charge in [-0.15, -0.1) is 47.0 Å². The minimum Gasteiger partial charge on any atom is -0.265 e. The smallest absolute Gasteiger partial charge is 0.0278 e. The largest absolute Gasteiger partial charge is 0.265 e. The van der Waals surface area contributed by atoms with E-state index in [9.17, 15) is 0 Å². The first-order chi connectivity index (χ1) is 18.8. The molecule has 0 spiro atoms. The number of thioether (sulfide) groups is 4. The van der Waals surface area contributed by atoms with Crippen molar-refractivity contribution in [2.45, 2.75) is 42.6 Å². The molecule has 0 atom stereocenters. The quantitative estimate of drug-likeness (QED) is 0.139. The summed E-state index contributed by atoms with van der Waals surface area (Å²) in [5, 5.41) is 0. The monoisotopic (exact) mass is 570 g/mol. The van der Waals surface area contributed by atoms with Gasteiger partial charge in [-0.1, -0.05) is 12.1 Å². The zero-order chi connectivity index (χ0) is 25.8. The van der Waals surface area contributed by atoms with Gasteiger partial charge in [0.2, 0.25) is 0 Å². The Morgan fingerprint density at radius 2 is 0.553 bits per heavy atom. The summed E-state index contributed by atoms with van der Waals surface area (Å²) in [6.07, 6.45) is 14.9. The Balaban J connectivity index is 1.44. The summed E-state index contributed by atoms with van der Waals surface area (Å²) in [5.74, 6) is 3.67. The van der Waals surface area contributed by atoms with Crippen LogP contribution >= 0.6 is 47.0 Å². The highest BCUT2D eigenvalue weighted by Gasteiger charge is 2.13. The maximum atomic E-state index is 4.17. The molecule has 8 heteroatoms. The number of aromatic nitrogens is 4. The van der Waals surface area contributed by atoms with Gasteiger partial charge in [0.1, 0.15) is 0 Å². The molecule has 1 aromatic carbocycles. The summed E-state index contributed by atoms with van der Waals surface area (Å²) < 4.78 is 0. The normalized spacial score (nSPS) is 10.9. The molecule has 0 unspecified atom stereocenters. The van der Waals surface area contributed by atoms with E-state index in [1.807, 2.05) is 96.6 Å². The Bertz CT molecular complexity index is 1190. The fourth-order valence-electron chi connectivity index (χ4n) is 3.71. The SMILES string of the molecule is c1cc(SCc2cc(CSc3ccncc3)c(CSc3ccncc3)cc2CSc2ccncc2)ccn1. The Hall–Kier alpha value is -2.78. The highest BCUT2D eigenvalue weighted by atomic mass is 32.2. The van der Waals surface area contributed by atoms with Crippen LogP contribution in [0.5, 0.6) is 0 Å². The van der Waals surface area contributed by atoms with Gasteiger partial charge in [0.05, 0.1) is 0 Å². The lowest BCUT2D eigenvalue weighted by atomic mass is 10.0. The number of nitrogens with zero attached hydrogens (tertiary/aromatic N) is 4. The molecular weight excluding hydrogens is 545 g/mol. The lowest BCUT2D eigenvalue weighted by molar-refractivity contribution is 1.17. The third-order valence-electron chi connectivity index (χ3n) is 5.70. The third-order valence-corrected chi connectivity index (χ3v) is 9.94. The Labute approximate surface area is 240 Å². The fraction of sp³-hybridized carbons (Fsp3) is 0.133. The zero-order valence-corrected chi connectivity index (χ0v) is 23.9. The number of rotatable bonds is 12. The minimum atomic E-state index is 0.918. The summed E-state index contributed by atoms with van der Waals surface area (Å²) in [6, 6.07) is 21.5. The number of hydrogen-bond acceptors (Lipinski definition) is 8. The molecule has 0 aliphatic carbocycles. The molecule has 0 radical (unpaired) electrons. The predicted molar refractivity (Wildman–Crippen MR) is 162 cm³/mol. The van der Waals surface area contributed by atoms with Gasteiger partial charge in [-0.25, -0.2) is 0 Å². The van der Waals surface area contributed by atoms with Crippen LogP contribution < -0.4 is 0 Å². The number of benzene rings is 1. The second kappa shape index (κ2) is 14.4. The second-order valence-electron chi connectivity index (χ2n) is 8.28. The van der Waals surface area contributed by atoms with Crippen molar-refractivity contribution in [2.75, 3.05) is 0 Å². The van der Waals surface area contributed by atoms with Crippen LogP contribution in [0.4, 0.5) is 0 Å². The highest BCUT2D eigenvalue weighted by molar-refractivity contribution is 7.99. The second-order valence-corrected chi connectivity index (χ2v) is 12.5. The zero-order valence-electron chi connectivity index (χ0n) is 20.6. The first-order valence-electron chi connectivity index (χ1n) is 12.1. The van der Waals surface area contributed by atoms with Crippen LogP contribution in [-0.2, 0) is 23.0 Å². The molecule has 0 saturated heterocycles. The maximum Gasteiger partial charge on any atom is 0.0278 e. The topological polar surface area (TPSA) is 51.6 Å². The number of hydrogen-bond donors (Lipinski definition) is 0. The fourth-order valence-corrected chi connectivity index (χ4v) is 7.33. The van der Waals surface area contributed by atoms with Crippen molar-refractivity contribution in [2.24, 2.45) is 0 Å². The van der Waals surface area contributed by atoms with Crippen LogP contribution in [0.25, 0.3) is 0 Å². The molecule has 4 nitrogen and oxygen atoms in total. The van der Waals surface area contributed by atoms with E-state index in [0.717, 1.165) is 23.0 Å². The van der Waals surface area contributed by atoms with Gasteiger partial charge < -0.3 is 0 Å². The molecule has 0 aliphatic rings. The van der Waals surface area contributed by atoms with E-state index >= 15 is 0 Å². The predicted octanol–water partition coefficient (Wildman–Crippen LogP) is 8.44. The van der Waals surface area contributed by atoms with Gasteiger partial charge in [-0.05, 0) is 70.8 Å². The molecular formula is C30H26N4S4. The summed E-state index contributed by atoms with van der Waals surface area (Å²) in [4.78, 5) is 21.6. The van der Waals surface area contributed by atoms with E-state index in [1.165, 1.54) is 41.8 Å². The van der Waals surface area contributed by atoms with Crippen molar-refractivity contribution in [3.8, 4) is 0 Å². The van der Waals surface area contributed by atoms with Gasteiger partial charge in [0.15, 0.2) is 0 Å². The summed E-state index contributed by atoms with van der Waals surface area (Å²) in [5.41, 5.74) is 5.54. The van der Waals surface area contributed by atoms with Crippen molar-refractivity contribution in [1.82, 2.24) is 19.9 Å². The van der Waals surface area contributed by atoms with Gasteiger partial charge in [-0.3, -0.25) is 19.9 Å². The average Bonchev–Trinajstić information content (AvgIpc) is 2.99. The molecule has 0 fully saturated rings. The Morgan fingerprint density at radius 3 is 0.763 bits per heavy atom. The first kappa shape index (κ1) is 26.8. The van der Waals surface area contributed by atoms with Gasteiger partial charge in [-0.2, -0.15) is 0 Å². The summed E-state index contributed by atoms with van der Waals surface area (Å²) >= 11 is 7.45. The number of pyridine rings is 4. The van der Waals surface area contributed by atoms with Crippen LogP contribution in [0.1, 0.15) is 22.3 Å². The van der Waals surface area contributed by atoms with Crippen molar-refractivity contribution in [1.29, 1.82) is 0 Å². The van der Waals surface area contributed by atoms with E-state index in [4.69, 9.17) is 0 Å². The van der Waals surface area contributed by atoms with Crippen LogP contribution in [0, 0.1) is 0 Å². The minimum absolute atomic E-state index is 0.918. The molecule has 0 amide bonds. The molecule has 38 heavy (non-hydrogen) atoms. The van der Waals surface area contributed by atoms with E-state index in [2.05, 4.69) is 80.6 Å². The van der Waals surface area contributed by atoms with Crippen molar-refractivity contribution in [3.05, 3.63) is 132 Å². The molecule has 0 aliphatic heterocycles. The molecule has 5 rings (SSSR count). The van der Waals surface area contributed by atoms with Gasteiger partial charge in [0, 0.05) is 92.2 Å². The lowest BCUT2D eigenvalue weighted by Crippen LogP contribution is -2.00. The maximum absolute atomic E-state index is 4.17. The van der Waals surface area contributed by atoms with Gasteiger partial charge >= 0.3 is 0 Å². The average molecular weight is 571 g/mol. The third kappa shape index (κ3) is 8.11. The van der Waals surface area contributed by atoms with E-state index in [0.29, 0.717) is 0 Å². The first-order valence-corrected chi connectivity index (χ1v) is 16.0. The van der Waals surface area contributed by atoms with Crippen LogP contribution in [0.2, 0.25) is 0 Å².